The van der Waals surface area contributed by atoms with Crippen molar-refractivity contribution >= 4 is 38.2 Å². The maximum atomic E-state index is 14.8. The highest BCUT2D eigenvalue weighted by Gasteiger charge is 2.46. The molecular formula is C39H42ClF3N4O3S. The Bertz CT molecular complexity index is 2040. The molecule has 1 aromatic heterocycles. The lowest BCUT2D eigenvalue weighted by Gasteiger charge is -2.40. The second kappa shape index (κ2) is 14.1. The first-order valence-electron chi connectivity index (χ1n) is 17.8. The van der Waals surface area contributed by atoms with E-state index in [9.17, 15) is 26.4 Å². The number of rotatable bonds is 9. The highest BCUT2D eigenvalue weighted by molar-refractivity contribution is 7.91. The Balaban J connectivity index is 1.39. The van der Waals surface area contributed by atoms with Crippen LogP contribution >= 0.6 is 11.6 Å². The lowest BCUT2D eigenvalue weighted by atomic mass is 9.93. The minimum Gasteiger partial charge on any atom is -0.342 e. The second-order valence-electron chi connectivity index (χ2n) is 14.1. The molecule has 51 heavy (non-hydrogen) atoms. The highest BCUT2D eigenvalue weighted by atomic mass is 35.5. The summed E-state index contributed by atoms with van der Waals surface area (Å²) in [4.78, 5) is 24.4. The molecule has 1 aliphatic carbocycles. The van der Waals surface area contributed by atoms with Crippen molar-refractivity contribution in [2.45, 2.75) is 81.1 Å². The summed E-state index contributed by atoms with van der Waals surface area (Å²) >= 11 is 6.57. The van der Waals surface area contributed by atoms with Crippen LogP contribution in [0.15, 0.2) is 71.6 Å². The molecule has 2 aliphatic heterocycles. The van der Waals surface area contributed by atoms with Crippen LogP contribution in [0.25, 0.3) is 22.2 Å². The molecule has 0 spiro atoms. The van der Waals surface area contributed by atoms with Crippen LogP contribution in [-0.2, 0) is 28.1 Å². The molecule has 270 valence electrons. The number of piperidine rings is 2. The summed E-state index contributed by atoms with van der Waals surface area (Å²) in [5.74, 6) is -0.636. The van der Waals surface area contributed by atoms with E-state index < -0.39 is 33.0 Å². The molecule has 3 aromatic carbocycles. The van der Waals surface area contributed by atoms with E-state index in [0.29, 0.717) is 29.8 Å². The molecule has 1 amide bonds. The van der Waals surface area contributed by atoms with Crippen molar-refractivity contribution in [2.75, 3.05) is 31.9 Å². The molecule has 0 radical (unpaired) electrons. The van der Waals surface area contributed by atoms with Crippen molar-refractivity contribution in [1.82, 2.24) is 20.1 Å². The third kappa shape index (κ3) is 7.40. The predicted molar refractivity (Wildman–Crippen MR) is 193 cm³/mol. The van der Waals surface area contributed by atoms with Crippen molar-refractivity contribution in [3.05, 3.63) is 94.0 Å². The van der Waals surface area contributed by atoms with E-state index in [-0.39, 0.29) is 44.6 Å². The molecule has 3 aliphatic rings. The molecular weight excluding hydrogens is 697 g/mol. The van der Waals surface area contributed by atoms with Gasteiger partial charge in [-0.15, -0.1) is 0 Å². The number of benzene rings is 3. The van der Waals surface area contributed by atoms with Crippen LogP contribution < -0.4 is 5.32 Å². The normalized spacial score (nSPS) is 18.9. The Morgan fingerprint density at radius 1 is 0.961 bits per heavy atom. The van der Waals surface area contributed by atoms with Crippen molar-refractivity contribution in [1.29, 1.82) is 0 Å². The Morgan fingerprint density at radius 2 is 1.67 bits per heavy atom. The van der Waals surface area contributed by atoms with Crippen molar-refractivity contribution in [2.24, 2.45) is 0 Å². The van der Waals surface area contributed by atoms with E-state index in [2.05, 4.69) is 15.1 Å². The van der Waals surface area contributed by atoms with Crippen molar-refractivity contribution < 1.29 is 26.4 Å². The van der Waals surface area contributed by atoms with Crippen LogP contribution in [0.4, 0.5) is 13.2 Å². The van der Waals surface area contributed by atoms with Gasteiger partial charge in [-0.25, -0.2) is 13.4 Å². The van der Waals surface area contributed by atoms with E-state index in [1.807, 2.05) is 30.3 Å². The maximum Gasteiger partial charge on any atom is 0.416 e. The summed E-state index contributed by atoms with van der Waals surface area (Å²) < 4.78 is 68.6. The number of amides is 1. The maximum absolute atomic E-state index is 14.8. The van der Waals surface area contributed by atoms with Gasteiger partial charge in [0.15, 0.2) is 9.84 Å². The van der Waals surface area contributed by atoms with Crippen LogP contribution in [0.2, 0.25) is 5.02 Å². The first-order chi connectivity index (χ1) is 24.4. The number of likely N-dealkylation sites (tertiary alicyclic amines) is 2. The SMILES string of the molecule is CCS(=O)(=O)c1cc2c(C(=O)NC3(c4ccccc4)CC3)c(CN3CCC(N4CCCCC4)CC3)c(-c3cccc(C(F)(F)F)c3)nc2cc1Cl. The number of sulfone groups is 1. The molecule has 3 heterocycles. The number of carbonyl (C=O) groups excluding carboxylic acids is 1. The van der Waals surface area contributed by atoms with Crippen molar-refractivity contribution in [3.8, 4) is 11.3 Å². The Hall–Kier alpha value is -3.51. The number of hydrogen-bond acceptors (Lipinski definition) is 6. The fourth-order valence-corrected chi connectivity index (χ4v) is 9.27. The van der Waals surface area contributed by atoms with Crippen LogP contribution in [-0.4, -0.2) is 67.1 Å². The first-order valence-corrected chi connectivity index (χ1v) is 19.8. The van der Waals surface area contributed by atoms with E-state index >= 15 is 0 Å². The number of aromatic nitrogens is 1. The van der Waals surface area contributed by atoms with Crippen LogP contribution in [0, 0.1) is 0 Å². The molecule has 12 heteroatoms. The van der Waals surface area contributed by atoms with Crippen LogP contribution in [0.3, 0.4) is 0 Å². The van der Waals surface area contributed by atoms with Gasteiger partial charge < -0.3 is 10.2 Å². The molecule has 0 bridgehead atoms. The molecule has 4 aromatic rings. The minimum atomic E-state index is -4.59. The van der Waals surface area contributed by atoms with Gasteiger partial charge in [-0.05, 0) is 94.5 Å². The number of fused-ring (bicyclic) bond motifs is 1. The number of hydrogen-bond donors (Lipinski definition) is 1. The zero-order chi connectivity index (χ0) is 36.0. The predicted octanol–water partition coefficient (Wildman–Crippen LogP) is 8.24. The summed E-state index contributed by atoms with van der Waals surface area (Å²) in [6.45, 7) is 5.45. The van der Waals surface area contributed by atoms with Gasteiger partial charge in [0.25, 0.3) is 5.91 Å². The number of pyridine rings is 1. The summed E-state index contributed by atoms with van der Waals surface area (Å²) in [6, 6.07) is 17.9. The highest BCUT2D eigenvalue weighted by Crippen LogP contribution is 2.46. The molecule has 1 N–H and O–H groups in total. The van der Waals surface area contributed by atoms with E-state index in [1.54, 1.807) is 6.07 Å². The third-order valence-electron chi connectivity index (χ3n) is 10.8. The Labute approximate surface area is 302 Å². The quantitative estimate of drug-likeness (QED) is 0.186. The Morgan fingerprint density at radius 3 is 2.31 bits per heavy atom. The molecule has 1 saturated carbocycles. The second-order valence-corrected chi connectivity index (χ2v) is 16.8. The average molecular weight is 739 g/mol. The molecule has 7 nitrogen and oxygen atoms in total. The summed E-state index contributed by atoms with van der Waals surface area (Å²) in [5.41, 5.74) is 0.855. The van der Waals surface area contributed by atoms with Gasteiger partial charge in [0.05, 0.1) is 43.5 Å². The number of nitrogens with zero attached hydrogens (tertiary/aromatic N) is 3. The molecule has 3 fully saturated rings. The van der Waals surface area contributed by atoms with E-state index in [0.717, 1.165) is 56.7 Å². The summed E-state index contributed by atoms with van der Waals surface area (Å²) in [7, 11) is -3.80. The number of alkyl halides is 3. The fourth-order valence-electron chi connectivity index (χ4n) is 7.79. The zero-order valence-electron chi connectivity index (χ0n) is 28.6. The largest absolute Gasteiger partial charge is 0.416 e. The van der Waals surface area contributed by atoms with E-state index in [1.165, 1.54) is 44.4 Å². The lowest BCUT2D eigenvalue weighted by molar-refractivity contribution is -0.137. The van der Waals surface area contributed by atoms with E-state index in [4.69, 9.17) is 16.6 Å². The number of halogens is 4. The average Bonchev–Trinajstić information content (AvgIpc) is 3.92. The molecule has 0 unspecified atom stereocenters. The topological polar surface area (TPSA) is 82.6 Å². The third-order valence-corrected chi connectivity index (χ3v) is 13.0. The smallest absolute Gasteiger partial charge is 0.342 e. The monoisotopic (exact) mass is 738 g/mol. The van der Waals surface area contributed by atoms with Gasteiger partial charge in [-0.2, -0.15) is 13.2 Å². The summed E-state index contributed by atoms with van der Waals surface area (Å²) in [5, 5.41) is 3.50. The zero-order valence-corrected chi connectivity index (χ0v) is 30.2. The number of nitrogens with one attached hydrogen (secondary N) is 1. The minimum absolute atomic E-state index is 0.0614. The molecule has 0 atom stereocenters. The van der Waals surface area contributed by atoms with Crippen LogP contribution in [0.1, 0.15) is 78.9 Å². The van der Waals surface area contributed by atoms with Gasteiger partial charge in [0.1, 0.15) is 0 Å². The Kier molecular flexibility index (Phi) is 9.94. The number of carbonyl (C=O) groups is 1. The van der Waals surface area contributed by atoms with Gasteiger partial charge in [-0.3, -0.25) is 9.69 Å². The molecule has 2 saturated heterocycles. The molecule has 7 rings (SSSR count). The standard InChI is InChI=1S/C39H42ClF3N4O3S/c1-2-51(49,50)34-23-30-33(24-32(34)40)44-36(26-10-9-13-28(22-26)39(41,42)43)31(25-46-20-14-29(15-21-46)47-18-7-4-8-19-47)35(30)37(48)45-38(16-17-38)27-11-5-3-6-12-27/h3,5-6,9-13,22-24,29H,2,4,7-8,14-21,25H2,1H3,(H,45,48). The van der Waals surface area contributed by atoms with Crippen LogP contribution in [0.5, 0.6) is 0 Å². The van der Waals surface area contributed by atoms with Gasteiger partial charge in [-0.1, -0.05) is 67.4 Å². The van der Waals surface area contributed by atoms with Gasteiger partial charge >= 0.3 is 6.18 Å². The van der Waals surface area contributed by atoms with Gasteiger partial charge in [0, 0.05) is 29.1 Å². The lowest BCUT2D eigenvalue weighted by Crippen LogP contribution is -2.46. The first kappa shape index (κ1) is 35.9. The van der Waals surface area contributed by atoms with Gasteiger partial charge in [0.2, 0.25) is 0 Å². The van der Waals surface area contributed by atoms with Crippen molar-refractivity contribution in [3.63, 3.8) is 0 Å². The summed E-state index contributed by atoms with van der Waals surface area (Å²) in [6.07, 6.45) is 2.37. The fraction of sp³-hybridized carbons (Fsp3) is 0.436.